The Bertz CT molecular complexity index is 883. The summed E-state index contributed by atoms with van der Waals surface area (Å²) < 4.78 is 6.98. The van der Waals surface area contributed by atoms with Gasteiger partial charge in [-0.05, 0) is 77.4 Å². The number of aryl methyl sites for hydroxylation is 1. The summed E-state index contributed by atoms with van der Waals surface area (Å²) >= 11 is 2.25. The highest BCUT2D eigenvalue weighted by Gasteiger charge is 2.04. The molecule has 3 rings (SSSR count). The molecular weight excluding hydrogens is 463 g/mol. The molecule has 0 aromatic heterocycles. The van der Waals surface area contributed by atoms with Crippen molar-refractivity contribution in [2.45, 2.75) is 12.8 Å². The fourth-order valence-corrected chi connectivity index (χ4v) is 3.09. The highest BCUT2D eigenvalue weighted by molar-refractivity contribution is 14.1. The number of anilines is 2. The van der Waals surface area contributed by atoms with Gasteiger partial charge >= 0.3 is 0 Å². The molecule has 5 heteroatoms. The maximum Gasteiger partial charge on any atom is 0.243 e. The monoisotopic (exact) mass is 486 g/mol. The van der Waals surface area contributed by atoms with Gasteiger partial charge in [-0.2, -0.15) is 0 Å². The molecule has 0 bridgehead atoms. The minimum absolute atomic E-state index is 0.0974. The third-order valence-electron chi connectivity index (χ3n) is 4.14. The summed E-state index contributed by atoms with van der Waals surface area (Å²) in [5, 5.41) is 6.01. The molecule has 4 nitrogen and oxygen atoms in total. The zero-order chi connectivity index (χ0) is 19.6. The minimum atomic E-state index is -0.0974. The quantitative estimate of drug-likeness (QED) is 0.317. The lowest BCUT2D eigenvalue weighted by atomic mass is 10.1. The van der Waals surface area contributed by atoms with Crippen LogP contribution in [0.4, 0.5) is 11.4 Å². The van der Waals surface area contributed by atoms with E-state index < -0.39 is 0 Å². The number of carbonyl (C=O) groups excluding carboxylic acids is 1. The first-order valence-electron chi connectivity index (χ1n) is 9.25. The third kappa shape index (κ3) is 6.88. The van der Waals surface area contributed by atoms with Crippen LogP contribution in [0.25, 0.3) is 0 Å². The van der Waals surface area contributed by atoms with Gasteiger partial charge in [0.25, 0.3) is 0 Å². The number of benzene rings is 3. The van der Waals surface area contributed by atoms with Crippen LogP contribution in [-0.4, -0.2) is 19.1 Å². The van der Waals surface area contributed by atoms with Crippen molar-refractivity contribution in [1.82, 2.24) is 0 Å². The lowest BCUT2D eigenvalue weighted by Crippen LogP contribution is -2.21. The number of rotatable bonds is 9. The average Bonchev–Trinajstić information content (AvgIpc) is 2.72. The lowest BCUT2D eigenvalue weighted by molar-refractivity contribution is -0.114. The highest BCUT2D eigenvalue weighted by atomic mass is 127. The largest absolute Gasteiger partial charge is 0.494 e. The van der Waals surface area contributed by atoms with Crippen molar-refractivity contribution < 1.29 is 9.53 Å². The topological polar surface area (TPSA) is 50.4 Å². The molecule has 3 aromatic carbocycles. The van der Waals surface area contributed by atoms with E-state index in [1.165, 1.54) is 5.56 Å². The smallest absolute Gasteiger partial charge is 0.243 e. The molecule has 0 aliphatic heterocycles. The van der Waals surface area contributed by atoms with Crippen molar-refractivity contribution in [1.29, 1.82) is 0 Å². The zero-order valence-electron chi connectivity index (χ0n) is 15.5. The van der Waals surface area contributed by atoms with Crippen LogP contribution in [0.15, 0.2) is 78.9 Å². The summed E-state index contributed by atoms with van der Waals surface area (Å²) in [6.07, 6.45) is 1.93. The first-order valence-corrected chi connectivity index (χ1v) is 10.3. The van der Waals surface area contributed by atoms with Crippen LogP contribution < -0.4 is 15.4 Å². The maximum atomic E-state index is 12.2. The van der Waals surface area contributed by atoms with Gasteiger partial charge in [0.15, 0.2) is 0 Å². The molecule has 0 saturated heterocycles. The summed E-state index contributed by atoms with van der Waals surface area (Å²) in [5.41, 5.74) is 2.97. The van der Waals surface area contributed by atoms with E-state index in [1.54, 1.807) is 0 Å². The van der Waals surface area contributed by atoms with E-state index in [2.05, 4.69) is 57.5 Å². The molecule has 0 fully saturated rings. The third-order valence-corrected chi connectivity index (χ3v) is 4.86. The Morgan fingerprint density at radius 1 is 0.893 bits per heavy atom. The normalized spacial score (nSPS) is 10.3. The second-order valence-electron chi connectivity index (χ2n) is 6.37. The van der Waals surface area contributed by atoms with Gasteiger partial charge in [0.1, 0.15) is 5.75 Å². The minimum Gasteiger partial charge on any atom is -0.494 e. The molecule has 144 valence electrons. The van der Waals surface area contributed by atoms with Crippen molar-refractivity contribution in [2.24, 2.45) is 0 Å². The van der Waals surface area contributed by atoms with E-state index in [1.807, 2.05) is 54.6 Å². The highest BCUT2D eigenvalue weighted by Crippen LogP contribution is 2.18. The van der Waals surface area contributed by atoms with Crippen molar-refractivity contribution in [3.8, 4) is 5.75 Å². The van der Waals surface area contributed by atoms with E-state index in [4.69, 9.17) is 4.74 Å². The molecule has 0 radical (unpaired) electrons. The van der Waals surface area contributed by atoms with E-state index in [9.17, 15) is 4.79 Å². The number of carbonyl (C=O) groups is 1. The summed E-state index contributed by atoms with van der Waals surface area (Å²) in [6, 6.07) is 25.8. The molecule has 0 spiro atoms. The molecule has 0 atom stereocenters. The molecule has 1 amide bonds. The standard InChI is InChI=1S/C23H23IN2O2/c24-19-11-13-20(14-12-19)25-17-23(27)26-21-9-4-10-22(16-21)28-15-5-8-18-6-2-1-3-7-18/h1-4,6-7,9-14,16,25H,5,8,15,17H2,(H,26,27). The van der Waals surface area contributed by atoms with Crippen LogP contribution in [0.1, 0.15) is 12.0 Å². The van der Waals surface area contributed by atoms with Crippen LogP contribution in [0, 0.1) is 3.57 Å². The molecular formula is C23H23IN2O2. The molecule has 3 aromatic rings. The van der Waals surface area contributed by atoms with E-state index in [0.29, 0.717) is 6.61 Å². The maximum absolute atomic E-state index is 12.2. The SMILES string of the molecule is O=C(CNc1ccc(I)cc1)Nc1cccc(OCCCc2ccccc2)c1. The first-order chi connectivity index (χ1) is 13.7. The Hall–Kier alpha value is -2.54. The van der Waals surface area contributed by atoms with Crippen molar-refractivity contribution >= 4 is 39.9 Å². The average molecular weight is 486 g/mol. The summed E-state index contributed by atoms with van der Waals surface area (Å²) in [4.78, 5) is 12.2. The van der Waals surface area contributed by atoms with Gasteiger partial charge in [-0.15, -0.1) is 0 Å². The fourth-order valence-electron chi connectivity index (χ4n) is 2.73. The number of hydrogen-bond donors (Lipinski definition) is 2. The second-order valence-corrected chi connectivity index (χ2v) is 7.62. The molecule has 2 N–H and O–H groups in total. The van der Waals surface area contributed by atoms with E-state index in [0.717, 1.165) is 33.5 Å². The zero-order valence-corrected chi connectivity index (χ0v) is 17.7. The number of nitrogens with one attached hydrogen (secondary N) is 2. The van der Waals surface area contributed by atoms with Gasteiger partial charge in [-0.25, -0.2) is 0 Å². The molecule has 0 aliphatic carbocycles. The van der Waals surface area contributed by atoms with Crippen LogP contribution in [-0.2, 0) is 11.2 Å². The molecule has 0 aliphatic rings. The predicted molar refractivity (Wildman–Crippen MR) is 123 cm³/mol. The van der Waals surface area contributed by atoms with Crippen LogP contribution >= 0.6 is 22.6 Å². The fraction of sp³-hybridized carbons (Fsp3) is 0.174. The summed E-state index contributed by atoms with van der Waals surface area (Å²) in [7, 11) is 0. The molecule has 0 unspecified atom stereocenters. The van der Waals surface area contributed by atoms with E-state index in [-0.39, 0.29) is 12.5 Å². The van der Waals surface area contributed by atoms with E-state index >= 15 is 0 Å². The van der Waals surface area contributed by atoms with Gasteiger partial charge in [-0.3, -0.25) is 4.79 Å². The van der Waals surface area contributed by atoms with Gasteiger partial charge in [0.2, 0.25) is 5.91 Å². The second kappa shape index (κ2) is 10.7. The molecule has 28 heavy (non-hydrogen) atoms. The van der Waals surface area contributed by atoms with Crippen LogP contribution in [0.3, 0.4) is 0 Å². The van der Waals surface area contributed by atoms with Crippen LogP contribution in [0.2, 0.25) is 0 Å². The lowest BCUT2D eigenvalue weighted by Gasteiger charge is -2.10. The predicted octanol–water partition coefficient (Wildman–Crippen LogP) is 5.35. The number of halogens is 1. The summed E-state index contributed by atoms with van der Waals surface area (Å²) in [6.45, 7) is 0.851. The Morgan fingerprint density at radius 3 is 2.46 bits per heavy atom. The Morgan fingerprint density at radius 2 is 1.68 bits per heavy atom. The van der Waals surface area contributed by atoms with Gasteiger partial charge in [0.05, 0.1) is 13.2 Å². The Kier molecular flexibility index (Phi) is 7.72. The number of amides is 1. The number of hydrogen-bond acceptors (Lipinski definition) is 3. The van der Waals surface area contributed by atoms with Crippen molar-refractivity contribution in [3.63, 3.8) is 0 Å². The van der Waals surface area contributed by atoms with Crippen LogP contribution in [0.5, 0.6) is 5.75 Å². The van der Waals surface area contributed by atoms with Crippen molar-refractivity contribution in [2.75, 3.05) is 23.8 Å². The summed E-state index contributed by atoms with van der Waals surface area (Å²) in [5.74, 6) is 0.663. The van der Waals surface area contributed by atoms with Gasteiger partial charge < -0.3 is 15.4 Å². The van der Waals surface area contributed by atoms with Gasteiger partial charge in [0, 0.05) is 21.0 Å². The molecule has 0 heterocycles. The Balaban J connectivity index is 1.42. The molecule has 0 saturated carbocycles. The van der Waals surface area contributed by atoms with Crippen molar-refractivity contribution in [3.05, 3.63) is 88.0 Å². The Labute approximate surface area is 179 Å². The first kappa shape index (κ1) is 20.2. The number of ether oxygens (including phenoxy) is 1. The van der Waals surface area contributed by atoms with Gasteiger partial charge in [-0.1, -0.05) is 36.4 Å².